The number of carbonyl (C=O) groups excluding carboxylic acids is 1. The molecule has 0 radical (unpaired) electrons. The molecule has 1 fully saturated rings. The third-order valence-electron chi connectivity index (χ3n) is 5.29. The fraction of sp³-hybridized carbons (Fsp3) is 0.391. The van der Waals surface area contributed by atoms with Gasteiger partial charge in [0.25, 0.3) is 0 Å². The van der Waals surface area contributed by atoms with Crippen LogP contribution in [0.3, 0.4) is 0 Å². The number of nitrogen functional groups attached to an aromatic ring is 1. The molecule has 3 heterocycles. The van der Waals surface area contributed by atoms with Gasteiger partial charge in [-0.25, -0.2) is 13.7 Å². The van der Waals surface area contributed by atoms with Gasteiger partial charge < -0.3 is 20.1 Å². The van der Waals surface area contributed by atoms with Crippen molar-refractivity contribution in [2.45, 2.75) is 45.1 Å². The molecule has 1 amide bonds. The maximum atomic E-state index is 14.3. The number of fused-ring (bicyclic) bond motifs is 1. The van der Waals surface area contributed by atoms with Gasteiger partial charge in [0.05, 0.1) is 6.20 Å². The van der Waals surface area contributed by atoms with E-state index in [1.54, 1.807) is 21.7 Å². The van der Waals surface area contributed by atoms with Gasteiger partial charge in [0.15, 0.2) is 17.3 Å². The van der Waals surface area contributed by atoms with Crippen molar-refractivity contribution in [1.29, 1.82) is 0 Å². The summed E-state index contributed by atoms with van der Waals surface area (Å²) in [6.07, 6.45) is 4.95. The first-order valence-electron chi connectivity index (χ1n) is 10.4. The summed E-state index contributed by atoms with van der Waals surface area (Å²) < 4.78 is 27.4. The maximum Gasteiger partial charge on any atom is 0.410 e. The van der Waals surface area contributed by atoms with Gasteiger partial charge in [0.1, 0.15) is 11.1 Å². The lowest BCUT2D eigenvalue weighted by Gasteiger charge is -2.33. The van der Waals surface area contributed by atoms with Crippen molar-refractivity contribution in [3.63, 3.8) is 0 Å². The Balaban J connectivity index is 1.53. The highest BCUT2D eigenvalue weighted by molar-refractivity contribution is 5.68. The normalized spacial score (nSPS) is 15.3. The van der Waals surface area contributed by atoms with Crippen molar-refractivity contribution in [1.82, 2.24) is 14.5 Å². The number of benzene rings is 1. The van der Waals surface area contributed by atoms with Gasteiger partial charge in [-0.2, -0.15) is 5.10 Å². The highest BCUT2D eigenvalue weighted by Crippen LogP contribution is 2.35. The largest absolute Gasteiger partial charge is 0.452 e. The number of amides is 1. The number of hydrogen-bond acceptors (Lipinski definition) is 5. The van der Waals surface area contributed by atoms with Gasteiger partial charge in [-0.3, -0.25) is 0 Å². The van der Waals surface area contributed by atoms with Crippen LogP contribution in [0.1, 0.15) is 45.1 Å². The summed E-state index contributed by atoms with van der Waals surface area (Å²) in [6.45, 7) is 6.81. The monoisotopic (exact) mass is 426 g/mol. The molecule has 8 heteroatoms. The van der Waals surface area contributed by atoms with E-state index in [0.717, 1.165) is 23.9 Å². The minimum atomic E-state index is -0.520. The third kappa shape index (κ3) is 4.73. The fourth-order valence-corrected chi connectivity index (χ4v) is 3.76. The van der Waals surface area contributed by atoms with Crippen LogP contribution in [0.5, 0.6) is 11.5 Å². The summed E-state index contributed by atoms with van der Waals surface area (Å²) in [5.41, 5.74) is 7.24. The molecule has 0 saturated carbocycles. The van der Waals surface area contributed by atoms with Gasteiger partial charge in [-0.15, -0.1) is 0 Å². The summed E-state index contributed by atoms with van der Waals surface area (Å²) in [4.78, 5) is 14.1. The molecule has 0 bridgehead atoms. The highest BCUT2D eigenvalue weighted by Gasteiger charge is 2.28. The van der Waals surface area contributed by atoms with Crippen LogP contribution in [-0.2, 0) is 4.74 Å². The van der Waals surface area contributed by atoms with Crippen LogP contribution in [0.25, 0.3) is 5.52 Å². The number of nitrogens with zero attached hydrogens (tertiary/aromatic N) is 3. The van der Waals surface area contributed by atoms with Crippen molar-refractivity contribution in [2.24, 2.45) is 0 Å². The summed E-state index contributed by atoms with van der Waals surface area (Å²) in [6, 6.07) is 8.10. The lowest BCUT2D eigenvalue weighted by molar-refractivity contribution is 0.0204. The van der Waals surface area contributed by atoms with Crippen LogP contribution in [0.4, 0.5) is 14.9 Å². The number of piperidine rings is 1. The SMILES string of the molecule is CC(C)(C)OC(=O)N1CCC(c2cc(Oc3ccc(N)cc3F)c3ccnn3c2)CC1. The van der Waals surface area contributed by atoms with E-state index in [0.29, 0.717) is 24.5 Å². The summed E-state index contributed by atoms with van der Waals surface area (Å²) in [5.74, 6) is 0.335. The number of aromatic nitrogens is 2. The smallest absolute Gasteiger partial charge is 0.410 e. The Bertz CT molecular complexity index is 1100. The number of hydrogen-bond donors (Lipinski definition) is 1. The summed E-state index contributed by atoms with van der Waals surface area (Å²) in [7, 11) is 0. The first-order chi connectivity index (χ1) is 14.7. The van der Waals surface area contributed by atoms with E-state index in [1.165, 1.54) is 12.1 Å². The first kappa shape index (κ1) is 21.0. The Morgan fingerprint density at radius 2 is 1.90 bits per heavy atom. The zero-order chi connectivity index (χ0) is 22.2. The minimum absolute atomic E-state index is 0.106. The van der Waals surface area contributed by atoms with Crippen LogP contribution in [0.15, 0.2) is 42.7 Å². The molecule has 0 spiro atoms. The van der Waals surface area contributed by atoms with Gasteiger partial charge in [0.2, 0.25) is 0 Å². The summed E-state index contributed by atoms with van der Waals surface area (Å²) >= 11 is 0. The lowest BCUT2D eigenvalue weighted by atomic mass is 9.90. The zero-order valence-electron chi connectivity index (χ0n) is 18.0. The van der Waals surface area contributed by atoms with Gasteiger partial charge >= 0.3 is 6.09 Å². The molecule has 0 unspecified atom stereocenters. The van der Waals surface area contributed by atoms with Gasteiger partial charge in [-0.05, 0) is 69.4 Å². The Hall–Kier alpha value is -3.29. The number of rotatable bonds is 3. The number of anilines is 1. The predicted molar refractivity (Wildman–Crippen MR) is 116 cm³/mol. The maximum absolute atomic E-state index is 14.3. The molecule has 1 aliphatic rings. The molecule has 4 rings (SSSR count). The van der Waals surface area contributed by atoms with Crippen LogP contribution in [-0.4, -0.2) is 39.3 Å². The summed E-state index contributed by atoms with van der Waals surface area (Å²) in [5, 5.41) is 4.33. The van der Waals surface area contributed by atoms with E-state index in [1.807, 2.05) is 39.1 Å². The third-order valence-corrected chi connectivity index (χ3v) is 5.29. The molecule has 2 N–H and O–H groups in total. The molecular formula is C23H27FN4O3. The van der Waals surface area contributed by atoms with E-state index < -0.39 is 11.4 Å². The Morgan fingerprint density at radius 3 is 2.58 bits per heavy atom. The minimum Gasteiger partial charge on any atom is -0.452 e. The molecule has 3 aromatic rings. The molecule has 0 atom stereocenters. The van der Waals surface area contributed by atoms with Crippen molar-refractivity contribution < 1.29 is 18.7 Å². The van der Waals surface area contributed by atoms with Gasteiger partial charge in [-0.1, -0.05) is 0 Å². The second kappa shape index (κ2) is 8.09. The standard InChI is InChI=1S/C23H27FN4O3/c1-23(2,3)31-22(29)27-10-7-15(8-11-27)16-12-21(19-6-9-26-28(19)14-16)30-20-5-4-17(25)13-18(20)24/h4-6,9,12-15H,7-8,10-11,25H2,1-3H3. The van der Waals surface area contributed by atoms with Gasteiger partial charge in [0, 0.05) is 31.0 Å². The lowest BCUT2D eigenvalue weighted by Crippen LogP contribution is -2.41. The molecule has 164 valence electrons. The molecule has 7 nitrogen and oxygen atoms in total. The van der Waals surface area contributed by atoms with E-state index >= 15 is 0 Å². The number of halogens is 1. The van der Waals surface area contributed by atoms with E-state index in [-0.39, 0.29) is 17.8 Å². The fourth-order valence-electron chi connectivity index (χ4n) is 3.76. The van der Waals surface area contributed by atoms with Crippen LogP contribution >= 0.6 is 0 Å². The van der Waals surface area contributed by atoms with Crippen molar-refractivity contribution in [3.8, 4) is 11.5 Å². The average molecular weight is 426 g/mol. The number of ether oxygens (including phenoxy) is 2. The Morgan fingerprint density at radius 1 is 1.16 bits per heavy atom. The molecule has 2 aromatic heterocycles. The Kier molecular flexibility index (Phi) is 5.47. The highest BCUT2D eigenvalue weighted by atomic mass is 19.1. The molecule has 1 saturated heterocycles. The van der Waals surface area contributed by atoms with Crippen LogP contribution in [0.2, 0.25) is 0 Å². The van der Waals surface area contributed by atoms with E-state index in [4.69, 9.17) is 15.2 Å². The Labute approximate surface area is 180 Å². The van der Waals surface area contributed by atoms with Crippen molar-refractivity contribution >= 4 is 17.3 Å². The zero-order valence-corrected chi connectivity index (χ0v) is 18.0. The topological polar surface area (TPSA) is 82.1 Å². The number of nitrogens with two attached hydrogens (primary N) is 1. The number of pyridine rings is 1. The van der Waals surface area contributed by atoms with Crippen molar-refractivity contribution in [2.75, 3.05) is 18.8 Å². The number of likely N-dealkylation sites (tertiary alicyclic amines) is 1. The number of carbonyl (C=O) groups is 1. The van der Waals surface area contributed by atoms with E-state index in [9.17, 15) is 9.18 Å². The van der Waals surface area contributed by atoms with Crippen molar-refractivity contribution in [3.05, 3.63) is 54.1 Å². The second-order valence-electron chi connectivity index (χ2n) is 8.83. The molecule has 1 aromatic carbocycles. The molecule has 1 aliphatic heterocycles. The van der Waals surface area contributed by atoms with Crippen LogP contribution in [0, 0.1) is 5.82 Å². The predicted octanol–water partition coefficient (Wildman–Crippen LogP) is 4.96. The van der Waals surface area contributed by atoms with Crippen LogP contribution < -0.4 is 10.5 Å². The quantitative estimate of drug-likeness (QED) is 0.599. The second-order valence-corrected chi connectivity index (χ2v) is 8.83. The molecule has 0 aliphatic carbocycles. The molecular weight excluding hydrogens is 399 g/mol. The molecule has 31 heavy (non-hydrogen) atoms. The van der Waals surface area contributed by atoms with E-state index in [2.05, 4.69) is 5.10 Å². The average Bonchev–Trinajstić information content (AvgIpc) is 3.18. The first-order valence-corrected chi connectivity index (χ1v) is 10.4.